The van der Waals surface area contributed by atoms with E-state index in [-0.39, 0.29) is 12.1 Å². The monoisotopic (exact) mass is 738 g/mol. The standard InChI is InChI=1S/C49H46N4O3/c54-49(43(31-37-11-5-9-33-7-1-3-13-39(33)37)52-25-17-35(18-26-52)47-41-21-29-55-45(41)15-23-50-47)44(32-38-12-6-10-34-8-2-4-14-40(34)38)53-27-19-36(20-28-53)48-42-22-30-56-46(42)16-24-51-48/h1-16,21-24,29-30,35-36,43-44H,17-20,25-28,31-32H2. The van der Waals surface area contributed by atoms with Crippen LogP contribution in [0, 0.1) is 0 Å². The van der Waals surface area contributed by atoms with Crippen molar-refractivity contribution in [1.82, 2.24) is 19.8 Å². The molecule has 2 saturated heterocycles. The summed E-state index contributed by atoms with van der Waals surface area (Å²) < 4.78 is 11.5. The van der Waals surface area contributed by atoms with Crippen LogP contribution in [0.25, 0.3) is 43.5 Å². The Kier molecular flexibility index (Phi) is 9.41. The van der Waals surface area contributed by atoms with Crippen LogP contribution in [0.4, 0.5) is 0 Å². The summed E-state index contributed by atoms with van der Waals surface area (Å²) in [6.07, 6.45) is 12.4. The maximum absolute atomic E-state index is 15.8. The first-order valence-corrected chi connectivity index (χ1v) is 20.3. The van der Waals surface area contributed by atoms with Gasteiger partial charge in [0, 0.05) is 35.0 Å². The summed E-state index contributed by atoms with van der Waals surface area (Å²) >= 11 is 0. The molecular weight excluding hydrogens is 693 g/mol. The van der Waals surface area contributed by atoms with Crippen LogP contribution in [-0.4, -0.2) is 63.8 Å². The molecule has 0 saturated carbocycles. The molecule has 0 bridgehead atoms. The lowest BCUT2D eigenvalue weighted by Crippen LogP contribution is -2.55. The number of hydrogen-bond donors (Lipinski definition) is 0. The second-order valence-electron chi connectivity index (χ2n) is 15.8. The van der Waals surface area contributed by atoms with Gasteiger partial charge >= 0.3 is 0 Å². The molecule has 2 aliphatic rings. The molecule has 0 aliphatic carbocycles. The third kappa shape index (κ3) is 6.59. The van der Waals surface area contributed by atoms with E-state index < -0.39 is 0 Å². The fraction of sp³-hybridized carbons (Fsp3) is 0.286. The largest absolute Gasteiger partial charge is 0.464 e. The molecule has 4 aromatic carbocycles. The van der Waals surface area contributed by atoms with Gasteiger partial charge in [-0.05, 0) is 122 Å². The number of Topliss-reactive ketones (excluding diaryl/α,β-unsaturated/α-hetero) is 1. The summed E-state index contributed by atoms with van der Waals surface area (Å²) in [6.45, 7) is 3.35. The minimum Gasteiger partial charge on any atom is -0.464 e. The third-order valence-corrected chi connectivity index (χ3v) is 12.8. The van der Waals surface area contributed by atoms with Crippen molar-refractivity contribution >= 4 is 49.3 Å². The Bertz CT molecular complexity index is 2450. The predicted octanol–water partition coefficient (Wildman–Crippen LogP) is 10.1. The number of ketones is 1. The lowest BCUT2D eigenvalue weighted by Gasteiger charge is -2.42. The van der Waals surface area contributed by atoms with Crippen LogP contribution >= 0.6 is 0 Å². The first-order valence-electron chi connectivity index (χ1n) is 20.3. The summed E-state index contributed by atoms with van der Waals surface area (Å²) in [4.78, 5) is 30.5. The highest BCUT2D eigenvalue weighted by Crippen LogP contribution is 2.36. The van der Waals surface area contributed by atoms with E-state index in [0.717, 1.165) is 85.2 Å². The number of rotatable bonds is 10. The number of furan rings is 2. The molecule has 0 spiro atoms. The highest BCUT2D eigenvalue weighted by molar-refractivity contribution is 5.93. The maximum Gasteiger partial charge on any atom is 0.167 e. The van der Waals surface area contributed by atoms with Gasteiger partial charge in [-0.3, -0.25) is 24.6 Å². The summed E-state index contributed by atoms with van der Waals surface area (Å²) in [5, 5.41) is 7.09. The van der Waals surface area contributed by atoms with Crippen LogP contribution in [0.5, 0.6) is 0 Å². The van der Waals surface area contributed by atoms with Crippen LogP contribution in [-0.2, 0) is 17.6 Å². The summed E-state index contributed by atoms with van der Waals surface area (Å²) in [6, 6.07) is 37.8. The fourth-order valence-corrected chi connectivity index (χ4v) is 9.85. The molecule has 0 N–H and O–H groups in total. The van der Waals surface area contributed by atoms with Gasteiger partial charge < -0.3 is 8.83 Å². The van der Waals surface area contributed by atoms with Crippen LogP contribution in [0.2, 0.25) is 0 Å². The Balaban J connectivity index is 0.991. The number of carbonyl (C=O) groups is 1. The summed E-state index contributed by atoms with van der Waals surface area (Å²) in [7, 11) is 0. The summed E-state index contributed by atoms with van der Waals surface area (Å²) in [5.74, 6) is 0.965. The van der Waals surface area contributed by atoms with E-state index in [0.29, 0.717) is 30.5 Å². The molecule has 280 valence electrons. The number of aromatic nitrogens is 2. The Labute approximate surface area is 327 Å². The quantitative estimate of drug-likeness (QED) is 0.138. The number of fused-ring (bicyclic) bond motifs is 4. The molecule has 10 rings (SSSR count). The first kappa shape index (κ1) is 34.8. The lowest BCUT2D eigenvalue weighted by molar-refractivity contribution is -0.130. The second kappa shape index (κ2) is 15.1. The van der Waals surface area contributed by atoms with Crippen molar-refractivity contribution < 1.29 is 13.6 Å². The molecule has 2 unspecified atom stereocenters. The van der Waals surface area contributed by atoms with Crippen molar-refractivity contribution in [1.29, 1.82) is 0 Å². The van der Waals surface area contributed by atoms with Crippen molar-refractivity contribution in [3.05, 3.63) is 157 Å². The molecular formula is C49H46N4O3. The molecule has 7 nitrogen and oxygen atoms in total. The molecule has 0 amide bonds. The van der Waals surface area contributed by atoms with Crippen molar-refractivity contribution in [3.63, 3.8) is 0 Å². The lowest BCUT2D eigenvalue weighted by atomic mass is 9.84. The minimum absolute atomic E-state index is 0.265. The molecule has 0 radical (unpaired) electrons. The van der Waals surface area contributed by atoms with Gasteiger partial charge in [0.05, 0.1) is 36.0 Å². The van der Waals surface area contributed by atoms with Crippen LogP contribution < -0.4 is 0 Å². The van der Waals surface area contributed by atoms with E-state index in [9.17, 15) is 0 Å². The average molecular weight is 739 g/mol. The Morgan fingerprint density at radius 2 is 0.964 bits per heavy atom. The van der Waals surface area contributed by atoms with Gasteiger partial charge in [-0.25, -0.2) is 0 Å². The molecule has 2 fully saturated rings. The Morgan fingerprint density at radius 1 is 0.536 bits per heavy atom. The van der Waals surface area contributed by atoms with E-state index in [1.807, 2.05) is 36.7 Å². The highest BCUT2D eigenvalue weighted by Gasteiger charge is 2.39. The number of nitrogens with zero attached hydrogens (tertiary/aromatic N) is 4. The Morgan fingerprint density at radius 3 is 1.43 bits per heavy atom. The predicted molar refractivity (Wildman–Crippen MR) is 223 cm³/mol. The van der Waals surface area contributed by atoms with Gasteiger partial charge in [0.25, 0.3) is 0 Å². The van der Waals surface area contributed by atoms with E-state index in [4.69, 9.17) is 18.8 Å². The number of pyridine rings is 2. The molecule has 7 heteroatoms. The molecule has 4 aromatic heterocycles. The molecule has 2 aliphatic heterocycles. The van der Waals surface area contributed by atoms with Gasteiger partial charge in [-0.1, -0.05) is 84.9 Å². The zero-order valence-corrected chi connectivity index (χ0v) is 31.6. The van der Waals surface area contributed by atoms with Crippen LogP contribution in [0.15, 0.2) is 143 Å². The fourth-order valence-electron chi connectivity index (χ4n) is 9.85. The second-order valence-corrected chi connectivity index (χ2v) is 15.8. The number of carbonyl (C=O) groups excluding carboxylic acids is 1. The van der Waals surface area contributed by atoms with Crippen molar-refractivity contribution in [2.45, 2.75) is 62.4 Å². The zero-order valence-electron chi connectivity index (χ0n) is 31.6. The molecule has 56 heavy (non-hydrogen) atoms. The van der Waals surface area contributed by atoms with Crippen molar-refractivity contribution in [2.24, 2.45) is 0 Å². The van der Waals surface area contributed by atoms with Crippen LogP contribution in [0.3, 0.4) is 0 Å². The van der Waals surface area contributed by atoms with Crippen molar-refractivity contribution in [3.8, 4) is 0 Å². The SMILES string of the molecule is O=C(C(Cc1cccc2ccccc12)N1CCC(c2nccc3occc23)CC1)C(Cc1cccc2ccccc12)N1CCC(c2nccc3occc23)CC1. The average Bonchev–Trinajstić information content (AvgIpc) is 3.95. The highest BCUT2D eigenvalue weighted by atomic mass is 16.3. The number of likely N-dealkylation sites (tertiary alicyclic amines) is 2. The number of piperidine rings is 2. The van der Waals surface area contributed by atoms with Gasteiger partial charge in [0.15, 0.2) is 5.78 Å². The zero-order chi connectivity index (χ0) is 37.4. The van der Waals surface area contributed by atoms with Gasteiger partial charge in [-0.2, -0.15) is 0 Å². The summed E-state index contributed by atoms with van der Waals surface area (Å²) in [5.41, 5.74) is 6.47. The molecule has 6 heterocycles. The van der Waals surface area contributed by atoms with E-state index in [1.165, 1.54) is 32.7 Å². The number of hydrogen-bond acceptors (Lipinski definition) is 7. The van der Waals surface area contributed by atoms with Crippen LogP contribution in [0.1, 0.15) is 60.0 Å². The molecule has 2 atom stereocenters. The van der Waals surface area contributed by atoms with Gasteiger partial charge in [0.2, 0.25) is 0 Å². The third-order valence-electron chi connectivity index (χ3n) is 12.8. The van der Waals surface area contributed by atoms with E-state index in [1.54, 1.807) is 12.5 Å². The van der Waals surface area contributed by atoms with E-state index in [2.05, 4.69) is 94.7 Å². The first-order chi connectivity index (χ1) is 27.7. The van der Waals surface area contributed by atoms with E-state index >= 15 is 4.79 Å². The van der Waals surface area contributed by atoms with Crippen molar-refractivity contribution in [2.75, 3.05) is 26.2 Å². The number of benzene rings is 4. The van der Waals surface area contributed by atoms with Gasteiger partial charge in [0.1, 0.15) is 11.2 Å². The normalized spacial score (nSPS) is 17.6. The Hall–Kier alpha value is -5.63. The minimum atomic E-state index is -0.265. The maximum atomic E-state index is 15.8. The smallest absolute Gasteiger partial charge is 0.167 e. The van der Waals surface area contributed by atoms with Gasteiger partial charge in [-0.15, -0.1) is 0 Å². The molecule has 8 aromatic rings. The topological polar surface area (TPSA) is 75.6 Å².